The number of pyridine rings is 1. The van der Waals surface area contributed by atoms with Gasteiger partial charge in [-0.25, -0.2) is 0 Å². The Bertz CT molecular complexity index is 657. The monoisotopic (exact) mass is 249 g/mol. The van der Waals surface area contributed by atoms with E-state index in [0.717, 1.165) is 23.6 Å². The Morgan fingerprint density at radius 1 is 0.947 bits per heavy atom. The molecule has 0 saturated carbocycles. The molecule has 0 amide bonds. The predicted molar refractivity (Wildman–Crippen MR) is 76.6 cm³/mol. The van der Waals surface area contributed by atoms with Crippen LogP contribution in [-0.4, -0.2) is 14.8 Å². The summed E-state index contributed by atoms with van der Waals surface area (Å²) in [5.74, 6) is 0. The van der Waals surface area contributed by atoms with E-state index in [1.807, 2.05) is 41.1 Å². The molecule has 0 bridgehead atoms. The van der Waals surface area contributed by atoms with Crippen LogP contribution in [0.5, 0.6) is 0 Å². The molecule has 3 nitrogen and oxygen atoms in total. The Labute approximate surface area is 112 Å². The van der Waals surface area contributed by atoms with Gasteiger partial charge in [0.1, 0.15) is 5.69 Å². The molecule has 1 aromatic carbocycles. The van der Waals surface area contributed by atoms with Crippen LogP contribution in [-0.2, 0) is 6.54 Å². The molecule has 0 radical (unpaired) electrons. The van der Waals surface area contributed by atoms with Gasteiger partial charge in [0.05, 0.1) is 11.4 Å². The summed E-state index contributed by atoms with van der Waals surface area (Å²) in [6.07, 6.45) is 1.79. The highest BCUT2D eigenvalue weighted by Gasteiger charge is 2.10. The second-order valence-electron chi connectivity index (χ2n) is 4.31. The standard InChI is InChI=1S/C16H15N3/c1-2-19-16(13-8-4-3-5-9-13)12-15(18-19)14-10-6-7-11-17-14/h3-12H,2H2,1H3. The molecule has 0 N–H and O–H groups in total. The lowest BCUT2D eigenvalue weighted by molar-refractivity contribution is 0.669. The Hall–Kier alpha value is -2.42. The normalized spacial score (nSPS) is 10.6. The first-order valence-electron chi connectivity index (χ1n) is 6.43. The van der Waals surface area contributed by atoms with Crippen molar-refractivity contribution >= 4 is 0 Å². The molecule has 3 heteroatoms. The number of aromatic nitrogens is 3. The molecular formula is C16H15N3. The molecule has 2 aromatic heterocycles. The molecule has 3 aromatic rings. The minimum atomic E-state index is 0.844. The first kappa shape index (κ1) is 11.7. The molecule has 0 spiro atoms. The lowest BCUT2D eigenvalue weighted by atomic mass is 10.1. The van der Waals surface area contributed by atoms with Crippen molar-refractivity contribution in [3.8, 4) is 22.6 Å². The summed E-state index contributed by atoms with van der Waals surface area (Å²) in [6, 6.07) is 18.3. The maximum Gasteiger partial charge on any atom is 0.111 e. The smallest absolute Gasteiger partial charge is 0.111 e. The van der Waals surface area contributed by atoms with Crippen LogP contribution in [0.4, 0.5) is 0 Å². The van der Waals surface area contributed by atoms with E-state index in [-0.39, 0.29) is 0 Å². The Balaban J connectivity index is 2.09. The van der Waals surface area contributed by atoms with E-state index in [1.165, 1.54) is 5.56 Å². The van der Waals surface area contributed by atoms with Gasteiger partial charge in [-0.15, -0.1) is 0 Å². The van der Waals surface area contributed by atoms with Crippen molar-refractivity contribution in [1.29, 1.82) is 0 Å². The zero-order valence-electron chi connectivity index (χ0n) is 10.8. The third-order valence-electron chi connectivity index (χ3n) is 3.08. The van der Waals surface area contributed by atoms with Crippen molar-refractivity contribution in [3.05, 3.63) is 60.8 Å². The predicted octanol–water partition coefficient (Wildman–Crippen LogP) is 3.63. The molecule has 0 fully saturated rings. The van der Waals surface area contributed by atoms with Gasteiger partial charge in [-0.05, 0) is 30.7 Å². The van der Waals surface area contributed by atoms with Crippen molar-refractivity contribution < 1.29 is 0 Å². The van der Waals surface area contributed by atoms with Crippen LogP contribution < -0.4 is 0 Å². The summed E-state index contributed by atoms with van der Waals surface area (Å²) in [5.41, 5.74) is 4.14. The quantitative estimate of drug-likeness (QED) is 0.709. The topological polar surface area (TPSA) is 30.7 Å². The van der Waals surface area contributed by atoms with Gasteiger partial charge in [0.15, 0.2) is 0 Å². The summed E-state index contributed by atoms with van der Waals surface area (Å²) in [4.78, 5) is 4.36. The maximum atomic E-state index is 4.63. The molecule has 2 heterocycles. The minimum absolute atomic E-state index is 0.844. The largest absolute Gasteiger partial charge is 0.264 e. The van der Waals surface area contributed by atoms with E-state index >= 15 is 0 Å². The number of hydrogen-bond acceptors (Lipinski definition) is 2. The third-order valence-corrected chi connectivity index (χ3v) is 3.08. The van der Waals surface area contributed by atoms with Crippen molar-refractivity contribution in [2.75, 3.05) is 0 Å². The van der Waals surface area contributed by atoms with Crippen LogP contribution in [0.1, 0.15) is 6.92 Å². The molecule has 0 aliphatic carbocycles. The Kier molecular flexibility index (Phi) is 3.11. The molecule has 0 saturated heterocycles. The summed E-state index contributed by atoms with van der Waals surface area (Å²) in [6.45, 7) is 2.94. The number of aryl methyl sites for hydroxylation is 1. The average Bonchev–Trinajstić information content (AvgIpc) is 2.93. The molecule has 19 heavy (non-hydrogen) atoms. The van der Waals surface area contributed by atoms with Crippen LogP contribution in [0.3, 0.4) is 0 Å². The average molecular weight is 249 g/mol. The van der Waals surface area contributed by atoms with Crippen LogP contribution in [0, 0.1) is 0 Å². The van der Waals surface area contributed by atoms with Crippen molar-refractivity contribution in [3.63, 3.8) is 0 Å². The Morgan fingerprint density at radius 3 is 2.42 bits per heavy atom. The lowest BCUT2D eigenvalue weighted by Gasteiger charge is -2.03. The van der Waals surface area contributed by atoms with Crippen LogP contribution in [0.25, 0.3) is 22.6 Å². The van der Waals surface area contributed by atoms with Gasteiger partial charge in [-0.3, -0.25) is 9.67 Å². The van der Waals surface area contributed by atoms with Gasteiger partial charge in [-0.1, -0.05) is 36.4 Å². The summed E-state index contributed by atoms with van der Waals surface area (Å²) < 4.78 is 2.01. The second kappa shape index (κ2) is 5.06. The fourth-order valence-corrected chi connectivity index (χ4v) is 2.14. The third kappa shape index (κ3) is 2.27. The maximum absolute atomic E-state index is 4.63. The number of hydrogen-bond donors (Lipinski definition) is 0. The summed E-state index contributed by atoms with van der Waals surface area (Å²) in [7, 11) is 0. The van der Waals surface area contributed by atoms with Gasteiger partial charge < -0.3 is 0 Å². The zero-order chi connectivity index (χ0) is 13.1. The van der Waals surface area contributed by atoms with Crippen molar-refractivity contribution in [2.24, 2.45) is 0 Å². The fraction of sp³-hybridized carbons (Fsp3) is 0.125. The van der Waals surface area contributed by atoms with E-state index in [2.05, 4.69) is 35.2 Å². The van der Waals surface area contributed by atoms with Crippen molar-refractivity contribution in [1.82, 2.24) is 14.8 Å². The van der Waals surface area contributed by atoms with Gasteiger partial charge in [0, 0.05) is 12.7 Å². The second-order valence-corrected chi connectivity index (χ2v) is 4.31. The minimum Gasteiger partial charge on any atom is -0.264 e. The van der Waals surface area contributed by atoms with Gasteiger partial charge in [-0.2, -0.15) is 5.10 Å². The molecule has 0 aliphatic rings. The fourth-order valence-electron chi connectivity index (χ4n) is 2.14. The van der Waals surface area contributed by atoms with E-state index in [9.17, 15) is 0 Å². The van der Waals surface area contributed by atoms with Gasteiger partial charge >= 0.3 is 0 Å². The molecule has 0 aliphatic heterocycles. The molecule has 3 rings (SSSR count). The van der Waals surface area contributed by atoms with Crippen LogP contribution in [0.15, 0.2) is 60.8 Å². The lowest BCUT2D eigenvalue weighted by Crippen LogP contribution is -1.99. The van der Waals surface area contributed by atoms with Gasteiger partial charge in [0.2, 0.25) is 0 Å². The van der Waals surface area contributed by atoms with E-state index in [0.29, 0.717) is 0 Å². The Morgan fingerprint density at radius 2 is 1.74 bits per heavy atom. The van der Waals surface area contributed by atoms with Gasteiger partial charge in [0.25, 0.3) is 0 Å². The number of benzene rings is 1. The molecule has 94 valence electrons. The SMILES string of the molecule is CCn1nc(-c2ccccn2)cc1-c1ccccc1. The summed E-state index contributed by atoms with van der Waals surface area (Å²) >= 11 is 0. The highest BCUT2D eigenvalue weighted by Crippen LogP contribution is 2.24. The highest BCUT2D eigenvalue weighted by atomic mass is 15.3. The summed E-state index contributed by atoms with van der Waals surface area (Å²) in [5, 5.41) is 4.63. The first-order valence-corrected chi connectivity index (χ1v) is 6.43. The van der Waals surface area contributed by atoms with Crippen molar-refractivity contribution in [2.45, 2.75) is 13.5 Å². The van der Waals surface area contributed by atoms with E-state index < -0.39 is 0 Å². The zero-order valence-corrected chi connectivity index (χ0v) is 10.8. The first-order chi connectivity index (χ1) is 9.38. The molecule has 0 atom stereocenters. The van der Waals surface area contributed by atoms with Crippen LogP contribution in [0.2, 0.25) is 0 Å². The van der Waals surface area contributed by atoms with E-state index in [1.54, 1.807) is 6.20 Å². The number of nitrogens with zero attached hydrogens (tertiary/aromatic N) is 3. The van der Waals surface area contributed by atoms with E-state index in [4.69, 9.17) is 0 Å². The highest BCUT2D eigenvalue weighted by molar-refractivity contribution is 5.66. The molecule has 0 unspecified atom stereocenters. The van der Waals surface area contributed by atoms with Crippen LogP contribution >= 0.6 is 0 Å². The number of rotatable bonds is 3. The molecular weight excluding hydrogens is 234 g/mol.